The lowest BCUT2D eigenvalue weighted by molar-refractivity contribution is 0.00795. The number of halogens is 1. The highest BCUT2D eigenvalue weighted by Gasteiger charge is 2.31. The third-order valence-corrected chi connectivity index (χ3v) is 7.67. The van der Waals surface area contributed by atoms with E-state index in [1.165, 1.54) is 12.3 Å². The van der Waals surface area contributed by atoms with Crippen molar-refractivity contribution in [3.63, 3.8) is 0 Å². The molecule has 3 aromatic rings. The Bertz CT molecular complexity index is 1220. The molecule has 0 aliphatic carbocycles. The van der Waals surface area contributed by atoms with Gasteiger partial charge in [-0.05, 0) is 41.5 Å². The van der Waals surface area contributed by atoms with Crippen molar-refractivity contribution in [3.05, 3.63) is 52.0 Å². The van der Waals surface area contributed by atoms with Gasteiger partial charge in [0.05, 0.1) is 23.6 Å². The first-order valence-corrected chi connectivity index (χ1v) is 11.1. The number of nitrogens with zero attached hydrogens (tertiary/aromatic N) is 1. The normalized spacial score (nSPS) is 20.2. The van der Waals surface area contributed by atoms with Crippen molar-refractivity contribution in [2.24, 2.45) is 0 Å². The van der Waals surface area contributed by atoms with E-state index >= 15 is 0 Å². The number of anilines is 2. The standard InChI is InChI=1S/C18H18FN3O5S2/c19-12-7-10-1-4-20-17(25)11(10)8-13(12)21-29(26,27)18-14(3-6-28-18)22-5-2-15(23)16(24)9-22/h1,3-4,6-8,15-16,21,23-24H,2,5,9H2,(H,20,25). The summed E-state index contributed by atoms with van der Waals surface area (Å²) in [5, 5.41) is 21.7. The number of pyridine rings is 1. The molecular weight excluding hydrogens is 421 g/mol. The van der Waals surface area contributed by atoms with Gasteiger partial charge in [0.15, 0.2) is 4.21 Å². The molecule has 1 aromatic carbocycles. The van der Waals surface area contributed by atoms with E-state index < -0.39 is 33.6 Å². The van der Waals surface area contributed by atoms with Crippen LogP contribution in [0.1, 0.15) is 6.42 Å². The molecule has 2 atom stereocenters. The van der Waals surface area contributed by atoms with Crippen LogP contribution in [0.3, 0.4) is 0 Å². The van der Waals surface area contributed by atoms with Crippen molar-refractivity contribution in [2.45, 2.75) is 22.8 Å². The molecule has 4 N–H and O–H groups in total. The molecule has 0 saturated carbocycles. The molecular formula is C18H18FN3O5S2. The molecule has 8 nitrogen and oxygen atoms in total. The second-order valence-corrected chi connectivity index (χ2v) is 9.59. The average molecular weight is 439 g/mol. The lowest BCUT2D eigenvalue weighted by Gasteiger charge is -2.34. The highest BCUT2D eigenvalue weighted by Crippen LogP contribution is 2.34. The fourth-order valence-electron chi connectivity index (χ4n) is 3.34. The smallest absolute Gasteiger partial charge is 0.273 e. The fourth-order valence-corrected chi connectivity index (χ4v) is 5.79. The van der Waals surface area contributed by atoms with E-state index in [-0.39, 0.29) is 21.8 Å². The van der Waals surface area contributed by atoms with Crippen LogP contribution in [0.4, 0.5) is 15.8 Å². The molecule has 0 bridgehead atoms. The first kappa shape index (κ1) is 19.8. The predicted molar refractivity (Wildman–Crippen MR) is 108 cm³/mol. The number of fused-ring (bicyclic) bond motifs is 1. The number of aliphatic hydroxyl groups is 2. The second-order valence-electron chi connectivity index (χ2n) is 6.79. The molecule has 2 unspecified atom stereocenters. The van der Waals surface area contributed by atoms with Crippen molar-refractivity contribution >= 4 is 43.5 Å². The third kappa shape index (κ3) is 3.73. The Balaban J connectivity index is 1.68. The molecule has 3 heterocycles. The molecule has 4 rings (SSSR count). The Hall–Kier alpha value is -2.47. The van der Waals surface area contributed by atoms with Crippen LogP contribution in [0.25, 0.3) is 10.8 Å². The number of hydrogen-bond donors (Lipinski definition) is 4. The number of nitrogens with one attached hydrogen (secondary N) is 2. The Kier molecular flexibility index (Phi) is 5.07. The number of aromatic amines is 1. The van der Waals surface area contributed by atoms with Crippen LogP contribution >= 0.6 is 11.3 Å². The Labute approximate surface area is 169 Å². The molecule has 1 saturated heterocycles. The SMILES string of the molecule is O=c1[nH]ccc2cc(F)c(NS(=O)(=O)c3sccc3N3CCC(O)C(O)C3)cc12. The zero-order valence-electron chi connectivity index (χ0n) is 15.0. The highest BCUT2D eigenvalue weighted by atomic mass is 32.2. The molecule has 11 heteroatoms. The zero-order valence-corrected chi connectivity index (χ0v) is 16.6. The minimum Gasteiger partial charge on any atom is -0.390 e. The Morgan fingerprint density at radius 2 is 2.03 bits per heavy atom. The molecule has 1 aliphatic heterocycles. The van der Waals surface area contributed by atoms with Gasteiger partial charge in [-0.1, -0.05) is 0 Å². The number of sulfonamides is 1. The molecule has 154 valence electrons. The minimum absolute atomic E-state index is 0.0393. The van der Waals surface area contributed by atoms with Gasteiger partial charge in [-0.15, -0.1) is 11.3 Å². The minimum atomic E-state index is -4.15. The van der Waals surface area contributed by atoms with E-state index in [0.29, 0.717) is 24.0 Å². The third-order valence-electron chi connectivity index (χ3n) is 4.85. The predicted octanol–water partition coefficient (Wildman–Crippen LogP) is 1.46. The number of aliphatic hydroxyl groups excluding tert-OH is 2. The summed E-state index contributed by atoms with van der Waals surface area (Å²) < 4.78 is 42.6. The zero-order chi connectivity index (χ0) is 20.8. The van der Waals surface area contributed by atoms with Crippen molar-refractivity contribution in [3.8, 4) is 0 Å². The number of β-amino-alcohol motifs (C(OH)–C–C–N with tert-alkyl or cyclic N) is 1. The van der Waals surface area contributed by atoms with Gasteiger partial charge in [0.1, 0.15) is 5.82 Å². The maximum Gasteiger partial charge on any atom is 0.273 e. The van der Waals surface area contributed by atoms with Gasteiger partial charge < -0.3 is 20.1 Å². The van der Waals surface area contributed by atoms with Crippen LogP contribution in [-0.2, 0) is 10.0 Å². The van der Waals surface area contributed by atoms with E-state index in [4.69, 9.17) is 0 Å². The van der Waals surface area contributed by atoms with Gasteiger partial charge in [-0.3, -0.25) is 9.52 Å². The number of H-pyrrole nitrogens is 1. The fraction of sp³-hybridized carbons (Fsp3) is 0.278. The van der Waals surface area contributed by atoms with Crippen molar-refractivity contribution < 1.29 is 23.0 Å². The molecule has 0 amide bonds. The Morgan fingerprint density at radius 3 is 2.79 bits per heavy atom. The van der Waals surface area contributed by atoms with E-state index in [1.807, 2.05) is 0 Å². The Morgan fingerprint density at radius 1 is 1.24 bits per heavy atom. The first-order valence-electron chi connectivity index (χ1n) is 8.78. The number of rotatable bonds is 4. The quantitative estimate of drug-likeness (QED) is 0.488. The lowest BCUT2D eigenvalue weighted by atomic mass is 10.1. The van der Waals surface area contributed by atoms with Gasteiger partial charge in [0.25, 0.3) is 15.6 Å². The molecule has 1 fully saturated rings. The monoisotopic (exact) mass is 439 g/mol. The van der Waals surface area contributed by atoms with Gasteiger partial charge in [0, 0.05) is 24.7 Å². The summed E-state index contributed by atoms with van der Waals surface area (Å²) in [6.45, 7) is 0.456. The maximum absolute atomic E-state index is 14.5. The molecule has 0 spiro atoms. The first-order chi connectivity index (χ1) is 13.8. The maximum atomic E-state index is 14.5. The van der Waals surface area contributed by atoms with Gasteiger partial charge >= 0.3 is 0 Å². The van der Waals surface area contributed by atoms with E-state index in [0.717, 1.165) is 23.5 Å². The van der Waals surface area contributed by atoms with Crippen molar-refractivity contribution in [2.75, 3.05) is 22.7 Å². The molecule has 1 aliphatic rings. The van der Waals surface area contributed by atoms with Crippen LogP contribution in [0, 0.1) is 5.82 Å². The topological polar surface area (TPSA) is 123 Å². The highest BCUT2D eigenvalue weighted by molar-refractivity contribution is 7.94. The van der Waals surface area contributed by atoms with Crippen LogP contribution in [-0.4, -0.2) is 48.9 Å². The molecule has 2 aromatic heterocycles. The molecule has 0 radical (unpaired) electrons. The largest absolute Gasteiger partial charge is 0.390 e. The van der Waals surface area contributed by atoms with Gasteiger partial charge in [0.2, 0.25) is 0 Å². The van der Waals surface area contributed by atoms with Crippen LogP contribution in [0.15, 0.2) is 44.8 Å². The van der Waals surface area contributed by atoms with Crippen molar-refractivity contribution in [1.82, 2.24) is 4.98 Å². The summed E-state index contributed by atoms with van der Waals surface area (Å²) in [5.41, 5.74) is -0.421. The number of aromatic nitrogens is 1. The van der Waals surface area contributed by atoms with E-state index in [1.54, 1.807) is 16.3 Å². The average Bonchev–Trinajstić information content (AvgIpc) is 3.16. The summed E-state index contributed by atoms with van der Waals surface area (Å²) in [6, 6.07) is 5.38. The second kappa shape index (κ2) is 7.41. The summed E-state index contributed by atoms with van der Waals surface area (Å²) in [7, 11) is -4.15. The van der Waals surface area contributed by atoms with Crippen molar-refractivity contribution in [1.29, 1.82) is 0 Å². The summed E-state index contributed by atoms with van der Waals surface area (Å²) in [5.74, 6) is -0.804. The summed E-state index contributed by atoms with van der Waals surface area (Å²) >= 11 is 0.957. The summed E-state index contributed by atoms with van der Waals surface area (Å²) in [6.07, 6.45) is -0.160. The van der Waals surface area contributed by atoms with E-state index in [9.17, 15) is 27.8 Å². The number of benzene rings is 1. The molecule has 29 heavy (non-hydrogen) atoms. The number of thiophene rings is 1. The number of piperidine rings is 1. The number of hydrogen-bond acceptors (Lipinski definition) is 7. The van der Waals surface area contributed by atoms with Gasteiger partial charge in [-0.25, -0.2) is 12.8 Å². The van der Waals surface area contributed by atoms with Gasteiger partial charge in [-0.2, -0.15) is 0 Å². The van der Waals surface area contributed by atoms with E-state index in [2.05, 4.69) is 9.71 Å². The summed E-state index contributed by atoms with van der Waals surface area (Å²) in [4.78, 5) is 16.1. The van der Waals surface area contributed by atoms with Crippen LogP contribution < -0.4 is 15.2 Å². The van der Waals surface area contributed by atoms with Crippen LogP contribution in [0.5, 0.6) is 0 Å². The van der Waals surface area contributed by atoms with Crippen LogP contribution in [0.2, 0.25) is 0 Å². The lowest BCUT2D eigenvalue weighted by Crippen LogP contribution is -2.46.